The predicted octanol–water partition coefficient (Wildman–Crippen LogP) is 7.80. The van der Waals surface area contributed by atoms with Crippen LogP contribution in [0.3, 0.4) is 0 Å². The first-order chi connectivity index (χ1) is 20.9. The zero-order valence-corrected chi connectivity index (χ0v) is 26.7. The lowest BCUT2D eigenvalue weighted by atomic mass is 9.86. The molecule has 1 aromatic heterocycles. The third-order valence-corrected chi connectivity index (χ3v) is 7.33. The van der Waals surface area contributed by atoms with Gasteiger partial charge in [0, 0.05) is 37.8 Å². The van der Waals surface area contributed by atoms with E-state index in [1.165, 1.54) is 0 Å². The molecule has 0 aliphatic heterocycles. The SMILES string of the molecule is CCCCc1nc2c(n1Cc1ccc(-c3ccccc3OC(=O)OC(C)(C)C)cc1)CC(=NC(=O)CC(C)(C)CC=O)C=C2. The number of aromatic nitrogens is 2. The number of rotatable bonds is 11. The molecule has 8 heteroatoms. The fourth-order valence-electron chi connectivity index (χ4n) is 5.11. The van der Waals surface area contributed by atoms with E-state index in [2.05, 4.69) is 28.6 Å². The van der Waals surface area contributed by atoms with Gasteiger partial charge in [-0.3, -0.25) is 4.79 Å². The van der Waals surface area contributed by atoms with Gasteiger partial charge in [-0.1, -0.05) is 69.7 Å². The van der Waals surface area contributed by atoms with E-state index in [-0.39, 0.29) is 12.3 Å². The minimum atomic E-state index is -0.741. The van der Waals surface area contributed by atoms with Gasteiger partial charge in [-0.2, -0.15) is 0 Å². The van der Waals surface area contributed by atoms with Gasteiger partial charge in [0.25, 0.3) is 0 Å². The van der Waals surface area contributed by atoms with Crippen LogP contribution < -0.4 is 4.74 Å². The molecule has 44 heavy (non-hydrogen) atoms. The Morgan fingerprint density at radius 1 is 1.02 bits per heavy atom. The highest BCUT2D eigenvalue weighted by molar-refractivity contribution is 6.07. The third-order valence-electron chi connectivity index (χ3n) is 7.33. The Labute approximate surface area is 260 Å². The molecule has 0 atom stereocenters. The summed E-state index contributed by atoms with van der Waals surface area (Å²) in [6, 6.07) is 15.6. The summed E-state index contributed by atoms with van der Waals surface area (Å²) in [5.74, 6) is 1.23. The lowest BCUT2D eigenvalue weighted by molar-refractivity contribution is -0.120. The van der Waals surface area contributed by atoms with Crippen LogP contribution in [0.2, 0.25) is 0 Å². The molecule has 0 spiro atoms. The highest BCUT2D eigenvalue weighted by Crippen LogP contribution is 2.31. The molecule has 1 aliphatic rings. The van der Waals surface area contributed by atoms with E-state index in [0.29, 0.717) is 30.8 Å². The molecule has 0 saturated carbocycles. The van der Waals surface area contributed by atoms with Crippen LogP contribution in [-0.2, 0) is 33.7 Å². The van der Waals surface area contributed by atoms with Crippen molar-refractivity contribution in [3.8, 4) is 16.9 Å². The van der Waals surface area contributed by atoms with Gasteiger partial charge in [0.05, 0.1) is 17.1 Å². The minimum Gasteiger partial charge on any atom is -0.428 e. The molecule has 1 amide bonds. The molecule has 0 fully saturated rings. The zero-order chi connectivity index (χ0) is 31.9. The average Bonchev–Trinajstić information content (AvgIpc) is 3.27. The van der Waals surface area contributed by atoms with Crippen LogP contribution in [0.25, 0.3) is 17.2 Å². The van der Waals surface area contributed by atoms with Crippen molar-refractivity contribution < 1.29 is 23.9 Å². The summed E-state index contributed by atoms with van der Waals surface area (Å²) in [7, 11) is 0. The number of hydrogen-bond acceptors (Lipinski definition) is 6. The second-order valence-corrected chi connectivity index (χ2v) is 13.0. The van der Waals surface area contributed by atoms with Crippen LogP contribution in [-0.4, -0.2) is 39.2 Å². The van der Waals surface area contributed by atoms with E-state index in [0.717, 1.165) is 59.5 Å². The molecule has 2 aromatic carbocycles. The molecule has 0 unspecified atom stereocenters. The molecular formula is C36H43N3O5. The predicted molar refractivity (Wildman–Crippen MR) is 173 cm³/mol. The Hall–Kier alpha value is -4.33. The van der Waals surface area contributed by atoms with Crippen molar-refractivity contribution in [2.75, 3.05) is 0 Å². The first kappa shape index (κ1) is 32.6. The number of benzene rings is 2. The van der Waals surface area contributed by atoms with E-state index in [4.69, 9.17) is 14.5 Å². The molecule has 1 aliphatic carbocycles. The molecule has 1 heterocycles. The minimum absolute atomic E-state index is 0.218. The number of carbonyl (C=O) groups excluding carboxylic acids is 3. The van der Waals surface area contributed by atoms with Gasteiger partial charge in [0.2, 0.25) is 5.91 Å². The number of carbonyl (C=O) groups is 3. The fraction of sp³-hybridized carbons (Fsp3) is 0.417. The summed E-state index contributed by atoms with van der Waals surface area (Å²) in [5, 5.41) is 0. The van der Waals surface area contributed by atoms with Gasteiger partial charge in [-0.15, -0.1) is 0 Å². The van der Waals surface area contributed by atoms with Gasteiger partial charge in [0.1, 0.15) is 23.5 Å². The van der Waals surface area contributed by atoms with Crippen LogP contribution in [0.5, 0.6) is 5.75 Å². The Balaban J connectivity index is 1.56. The topological polar surface area (TPSA) is 99.8 Å². The zero-order valence-electron chi connectivity index (χ0n) is 26.7. The Morgan fingerprint density at radius 2 is 1.75 bits per heavy atom. The van der Waals surface area contributed by atoms with Crippen molar-refractivity contribution in [1.82, 2.24) is 9.55 Å². The highest BCUT2D eigenvalue weighted by Gasteiger charge is 2.24. The summed E-state index contributed by atoms with van der Waals surface area (Å²) in [5.41, 5.74) is 4.38. The van der Waals surface area contributed by atoms with E-state index in [1.54, 1.807) is 26.8 Å². The average molecular weight is 598 g/mol. The number of imidazole rings is 1. The first-order valence-corrected chi connectivity index (χ1v) is 15.3. The Kier molecular flexibility index (Phi) is 10.3. The van der Waals surface area contributed by atoms with Crippen molar-refractivity contribution in [2.45, 2.75) is 92.2 Å². The van der Waals surface area contributed by atoms with Crippen LogP contribution in [0.1, 0.15) is 90.0 Å². The molecule has 0 radical (unpaired) electrons. The standard InChI is InChI=1S/C36H43N3O5/c1-7-8-13-32-38-29-19-18-27(37-33(41)23-36(5,6)20-21-40)22-30(29)39(32)24-25-14-16-26(17-15-25)28-11-9-10-12-31(28)43-34(42)44-35(2,3)4/h9-12,14-19,21H,7-8,13,20,22-24H2,1-6H3. The molecule has 0 saturated heterocycles. The van der Waals surface area contributed by atoms with E-state index in [1.807, 2.05) is 56.3 Å². The molecule has 0 bridgehead atoms. The maximum atomic E-state index is 12.7. The van der Waals surface area contributed by atoms with E-state index < -0.39 is 17.2 Å². The molecule has 3 aromatic rings. The number of allylic oxidation sites excluding steroid dienone is 1. The van der Waals surface area contributed by atoms with Crippen molar-refractivity contribution >= 4 is 30.1 Å². The smallest absolute Gasteiger partial charge is 0.428 e. The number of unbranched alkanes of at least 4 members (excludes halogenated alkanes) is 1. The van der Waals surface area contributed by atoms with E-state index >= 15 is 0 Å². The second-order valence-electron chi connectivity index (χ2n) is 13.0. The van der Waals surface area contributed by atoms with Crippen LogP contribution in [0.15, 0.2) is 59.6 Å². The fourth-order valence-corrected chi connectivity index (χ4v) is 5.11. The Bertz CT molecular complexity index is 1560. The first-order valence-electron chi connectivity index (χ1n) is 15.3. The quantitative estimate of drug-likeness (QED) is 0.127. The largest absolute Gasteiger partial charge is 0.514 e. The Morgan fingerprint density at radius 3 is 2.43 bits per heavy atom. The number of para-hydroxylation sites is 1. The molecular weight excluding hydrogens is 554 g/mol. The van der Waals surface area contributed by atoms with Crippen molar-refractivity contribution in [1.29, 1.82) is 0 Å². The number of amides is 1. The van der Waals surface area contributed by atoms with Gasteiger partial charge >= 0.3 is 6.16 Å². The number of aryl methyl sites for hydroxylation is 1. The second kappa shape index (κ2) is 14.0. The number of nitrogens with zero attached hydrogens (tertiary/aromatic N) is 3. The summed E-state index contributed by atoms with van der Waals surface area (Å²) < 4.78 is 13.1. The highest BCUT2D eigenvalue weighted by atomic mass is 16.7. The number of aliphatic imine (C=N–C) groups is 1. The maximum absolute atomic E-state index is 12.7. The van der Waals surface area contributed by atoms with Crippen LogP contribution in [0.4, 0.5) is 4.79 Å². The van der Waals surface area contributed by atoms with Crippen molar-refractivity contribution in [3.63, 3.8) is 0 Å². The van der Waals surface area contributed by atoms with E-state index in [9.17, 15) is 14.4 Å². The molecule has 4 rings (SSSR count). The van der Waals surface area contributed by atoms with Gasteiger partial charge in [-0.25, -0.2) is 14.8 Å². The number of hydrogen-bond donors (Lipinski definition) is 0. The van der Waals surface area contributed by atoms with Crippen LogP contribution >= 0.6 is 0 Å². The number of aldehydes is 1. The van der Waals surface area contributed by atoms with Crippen molar-refractivity contribution in [2.24, 2.45) is 10.4 Å². The number of fused-ring (bicyclic) bond motifs is 1. The molecule has 232 valence electrons. The maximum Gasteiger partial charge on any atom is 0.514 e. The lowest BCUT2D eigenvalue weighted by Crippen LogP contribution is -2.26. The summed E-state index contributed by atoms with van der Waals surface area (Å²) in [6.07, 6.45) is 7.92. The third kappa shape index (κ3) is 8.85. The lowest BCUT2D eigenvalue weighted by Gasteiger charge is -2.19. The summed E-state index contributed by atoms with van der Waals surface area (Å²) in [6.45, 7) is 12.0. The van der Waals surface area contributed by atoms with Gasteiger partial charge < -0.3 is 18.8 Å². The normalized spacial score (nSPS) is 13.9. The van der Waals surface area contributed by atoms with Gasteiger partial charge in [0.15, 0.2) is 0 Å². The monoisotopic (exact) mass is 597 g/mol. The van der Waals surface area contributed by atoms with Crippen LogP contribution in [0, 0.1) is 5.41 Å². The summed E-state index contributed by atoms with van der Waals surface area (Å²) >= 11 is 0. The van der Waals surface area contributed by atoms with Crippen molar-refractivity contribution in [3.05, 3.63) is 77.4 Å². The number of ether oxygens (including phenoxy) is 2. The summed E-state index contributed by atoms with van der Waals surface area (Å²) in [4.78, 5) is 45.4. The molecule has 0 N–H and O–H groups in total. The van der Waals surface area contributed by atoms with Gasteiger partial charge in [-0.05, 0) is 62.0 Å². The molecule has 8 nitrogen and oxygen atoms in total.